The van der Waals surface area contributed by atoms with E-state index >= 15 is 0 Å². The van der Waals surface area contributed by atoms with Crippen molar-refractivity contribution in [2.24, 2.45) is 0 Å². The van der Waals surface area contributed by atoms with E-state index in [1.807, 2.05) is 6.92 Å². The van der Waals surface area contributed by atoms with Gasteiger partial charge in [-0.15, -0.1) is 0 Å². The molecule has 0 spiro atoms. The summed E-state index contributed by atoms with van der Waals surface area (Å²) in [7, 11) is 0. The van der Waals surface area contributed by atoms with E-state index in [4.69, 9.17) is 11.6 Å². The smallest absolute Gasteiger partial charge is 0.131 e. The number of halogens is 2. The zero-order valence-corrected chi connectivity index (χ0v) is 8.57. The van der Waals surface area contributed by atoms with Gasteiger partial charge in [-0.05, 0) is 28.9 Å². The molecule has 0 saturated carbocycles. The molecule has 0 fully saturated rings. The summed E-state index contributed by atoms with van der Waals surface area (Å²) in [5.74, 6) is 0. The molecular formula is C7H5BrClN3. The number of fused-ring (bicyclic) bond motifs is 1. The van der Waals surface area contributed by atoms with Gasteiger partial charge in [-0.1, -0.05) is 11.6 Å². The third-order valence-electron chi connectivity index (χ3n) is 1.61. The fraction of sp³-hybridized carbons (Fsp3) is 0.143. The minimum Gasteiger partial charge on any atom is -0.280 e. The Morgan fingerprint density at radius 3 is 3.00 bits per heavy atom. The van der Waals surface area contributed by atoms with Crippen LogP contribution in [0.25, 0.3) is 11.0 Å². The summed E-state index contributed by atoms with van der Waals surface area (Å²) in [5.41, 5.74) is 2.56. The Balaban J connectivity index is 2.92. The minimum absolute atomic E-state index is 0.471. The van der Waals surface area contributed by atoms with Crippen LogP contribution < -0.4 is 0 Å². The van der Waals surface area contributed by atoms with E-state index in [2.05, 4.69) is 31.1 Å². The third kappa shape index (κ3) is 1.11. The van der Waals surface area contributed by atoms with Crippen LogP contribution in [-0.2, 0) is 0 Å². The van der Waals surface area contributed by atoms with Crippen molar-refractivity contribution in [2.75, 3.05) is 0 Å². The highest BCUT2D eigenvalue weighted by Gasteiger charge is 2.07. The summed E-state index contributed by atoms with van der Waals surface area (Å²) >= 11 is 9.12. The first-order valence-corrected chi connectivity index (χ1v) is 4.52. The molecule has 2 rings (SSSR count). The van der Waals surface area contributed by atoms with Crippen LogP contribution in [0, 0.1) is 6.92 Å². The van der Waals surface area contributed by atoms with Crippen LogP contribution in [0.3, 0.4) is 0 Å². The number of hydrogen-bond acceptors (Lipinski definition) is 2. The quantitative estimate of drug-likeness (QED) is 0.726. The van der Waals surface area contributed by atoms with E-state index in [0.29, 0.717) is 5.15 Å². The molecule has 2 aromatic rings. The average molecular weight is 246 g/mol. The summed E-state index contributed by atoms with van der Waals surface area (Å²) in [5, 5.41) is 7.38. The highest BCUT2D eigenvalue weighted by Crippen LogP contribution is 2.24. The van der Waals surface area contributed by atoms with E-state index in [0.717, 1.165) is 21.2 Å². The van der Waals surface area contributed by atoms with Crippen molar-refractivity contribution in [1.29, 1.82) is 0 Å². The first-order chi connectivity index (χ1) is 5.68. The molecule has 0 aliphatic carbocycles. The predicted molar refractivity (Wildman–Crippen MR) is 51.3 cm³/mol. The number of aryl methyl sites for hydroxylation is 1. The molecule has 3 nitrogen and oxygen atoms in total. The van der Waals surface area contributed by atoms with Crippen molar-refractivity contribution < 1.29 is 0 Å². The predicted octanol–water partition coefficient (Wildman–Crippen LogP) is 2.68. The molecule has 0 aromatic carbocycles. The van der Waals surface area contributed by atoms with Crippen LogP contribution in [0.4, 0.5) is 0 Å². The van der Waals surface area contributed by atoms with Gasteiger partial charge in [0.05, 0.1) is 10.2 Å². The number of H-pyrrole nitrogens is 1. The number of rotatable bonds is 0. The Morgan fingerprint density at radius 1 is 1.50 bits per heavy atom. The lowest BCUT2D eigenvalue weighted by atomic mass is 10.3. The normalized spacial score (nSPS) is 10.9. The number of nitrogens with one attached hydrogen (secondary N) is 1. The summed E-state index contributed by atoms with van der Waals surface area (Å²) in [4.78, 5) is 4.14. The van der Waals surface area contributed by atoms with Crippen LogP contribution in [0.1, 0.15) is 5.69 Å². The van der Waals surface area contributed by atoms with Crippen LogP contribution in [0.15, 0.2) is 10.5 Å². The highest BCUT2D eigenvalue weighted by atomic mass is 79.9. The van der Waals surface area contributed by atoms with Crippen molar-refractivity contribution in [3.63, 3.8) is 0 Å². The lowest BCUT2D eigenvalue weighted by Crippen LogP contribution is -1.79. The second-order valence-corrected chi connectivity index (χ2v) is 3.71. The van der Waals surface area contributed by atoms with Gasteiger partial charge >= 0.3 is 0 Å². The Hall–Kier alpha value is -0.610. The topological polar surface area (TPSA) is 41.6 Å². The fourth-order valence-electron chi connectivity index (χ4n) is 1.04. The van der Waals surface area contributed by atoms with E-state index in [1.54, 1.807) is 6.07 Å². The van der Waals surface area contributed by atoms with E-state index < -0.39 is 0 Å². The Kier molecular flexibility index (Phi) is 1.81. The summed E-state index contributed by atoms with van der Waals surface area (Å²) in [6.45, 7) is 1.91. The van der Waals surface area contributed by atoms with Crippen molar-refractivity contribution in [3.8, 4) is 0 Å². The molecule has 0 atom stereocenters. The van der Waals surface area contributed by atoms with Crippen LogP contribution >= 0.6 is 27.5 Å². The number of nitrogens with zero attached hydrogens (tertiary/aromatic N) is 2. The van der Waals surface area contributed by atoms with Crippen molar-refractivity contribution in [1.82, 2.24) is 15.2 Å². The first kappa shape index (κ1) is 8.01. The monoisotopic (exact) mass is 245 g/mol. The van der Waals surface area contributed by atoms with E-state index in [9.17, 15) is 0 Å². The maximum atomic E-state index is 5.77. The lowest BCUT2D eigenvalue weighted by Gasteiger charge is -1.93. The highest BCUT2D eigenvalue weighted by molar-refractivity contribution is 9.10. The SMILES string of the molecule is Cc1[nH]nc2c(Br)cc(Cl)nc12. The fourth-order valence-corrected chi connectivity index (χ4v) is 1.86. The van der Waals surface area contributed by atoms with Crippen molar-refractivity contribution in [3.05, 3.63) is 21.4 Å². The molecular weight excluding hydrogens is 241 g/mol. The maximum Gasteiger partial charge on any atom is 0.131 e. The second kappa shape index (κ2) is 2.71. The zero-order chi connectivity index (χ0) is 8.72. The maximum absolute atomic E-state index is 5.77. The zero-order valence-electron chi connectivity index (χ0n) is 6.23. The molecule has 0 bridgehead atoms. The molecule has 0 saturated heterocycles. The molecule has 12 heavy (non-hydrogen) atoms. The van der Waals surface area contributed by atoms with Crippen LogP contribution in [0.5, 0.6) is 0 Å². The molecule has 0 amide bonds. The number of hydrogen-bond donors (Lipinski definition) is 1. The Morgan fingerprint density at radius 2 is 2.25 bits per heavy atom. The summed E-state index contributed by atoms with van der Waals surface area (Å²) < 4.78 is 0.863. The summed E-state index contributed by atoms with van der Waals surface area (Å²) in [6, 6.07) is 1.73. The second-order valence-electron chi connectivity index (χ2n) is 2.47. The summed E-state index contributed by atoms with van der Waals surface area (Å²) in [6.07, 6.45) is 0. The van der Waals surface area contributed by atoms with Gasteiger partial charge in [0.1, 0.15) is 16.2 Å². The van der Waals surface area contributed by atoms with E-state index in [1.165, 1.54) is 0 Å². The Labute approximate surface area is 82.3 Å². The number of aromatic nitrogens is 3. The Bertz CT molecular complexity index is 437. The third-order valence-corrected chi connectivity index (χ3v) is 2.40. The van der Waals surface area contributed by atoms with Gasteiger partial charge in [-0.2, -0.15) is 5.10 Å². The molecule has 62 valence electrons. The number of pyridine rings is 1. The molecule has 2 heterocycles. The standard InChI is InChI=1S/C7H5BrClN3/c1-3-6-7(12-11-3)4(8)2-5(9)10-6/h2H,1H3,(H,11,12). The van der Waals surface area contributed by atoms with Gasteiger partial charge in [0.25, 0.3) is 0 Å². The van der Waals surface area contributed by atoms with Gasteiger partial charge in [0.2, 0.25) is 0 Å². The minimum atomic E-state index is 0.471. The first-order valence-electron chi connectivity index (χ1n) is 3.35. The van der Waals surface area contributed by atoms with Crippen molar-refractivity contribution in [2.45, 2.75) is 6.92 Å². The van der Waals surface area contributed by atoms with Gasteiger partial charge < -0.3 is 0 Å². The molecule has 0 aliphatic heterocycles. The van der Waals surface area contributed by atoms with Gasteiger partial charge in [-0.3, -0.25) is 5.10 Å². The van der Waals surface area contributed by atoms with Gasteiger partial charge in [0, 0.05) is 0 Å². The average Bonchev–Trinajstić information content (AvgIpc) is 2.33. The molecule has 0 aliphatic rings. The van der Waals surface area contributed by atoms with Gasteiger partial charge in [-0.25, -0.2) is 4.98 Å². The van der Waals surface area contributed by atoms with Crippen molar-refractivity contribution >= 4 is 38.6 Å². The number of aromatic amines is 1. The molecule has 0 radical (unpaired) electrons. The van der Waals surface area contributed by atoms with Crippen LogP contribution in [0.2, 0.25) is 5.15 Å². The molecule has 5 heteroatoms. The largest absolute Gasteiger partial charge is 0.280 e. The van der Waals surface area contributed by atoms with Crippen LogP contribution in [-0.4, -0.2) is 15.2 Å². The molecule has 0 unspecified atom stereocenters. The van der Waals surface area contributed by atoms with Gasteiger partial charge in [0.15, 0.2) is 0 Å². The van der Waals surface area contributed by atoms with E-state index in [-0.39, 0.29) is 0 Å². The lowest BCUT2D eigenvalue weighted by molar-refractivity contribution is 1.07. The molecule has 2 aromatic heterocycles. The molecule has 1 N–H and O–H groups in total.